The van der Waals surface area contributed by atoms with E-state index in [1.54, 1.807) is 5.57 Å². The summed E-state index contributed by atoms with van der Waals surface area (Å²) >= 11 is 0. The summed E-state index contributed by atoms with van der Waals surface area (Å²) in [6.07, 6.45) is 12.6. The van der Waals surface area contributed by atoms with Gasteiger partial charge >= 0.3 is 0 Å². The molecule has 4 saturated carbocycles. The molecule has 32 heavy (non-hydrogen) atoms. The second-order valence-corrected chi connectivity index (χ2v) is 14.9. The van der Waals surface area contributed by atoms with Crippen LogP contribution in [0, 0.1) is 50.2 Å². The van der Waals surface area contributed by atoms with Gasteiger partial charge in [0.05, 0.1) is 6.42 Å². The number of rotatable bonds is 0. The maximum Gasteiger partial charge on any atom is 0.146 e. The Kier molecular flexibility index (Phi) is 4.57. The normalized spacial score (nSPS) is 51.6. The van der Waals surface area contributed by atoms with Gasteiger partial charge in [-0.25, -0.2) is 0 Å². The first-order valence-corrected chi connectivity index (χ1v) is 13.4. The molecule has 0 bridgehead atoms. The Morgan fingerprint density at radius 3 is 2.12 bits per heavy atom. The van der Waals surface area contributed by atoms with Crippen LogP contribution in [-0.4, -0.2) is 11.6 Å². The Labute approximate surface area is 196 Å². The van der Waals surface area contributed by atoms with Gasteiger partial charge < -0.3 is 0 Å². The van der Waals surface area contributed by atoms with Gasteiger partial charge in [-0.2, -0.15) is 0 Å². The quantitative estimate of drug-likeness (QED) is 0.289. The van der Waals surface area contributed by atoms with Gasteiger partial charge in [0.15, 0.2) is 0 Å². The lowest BCUT2D eigenvalue weighted by Crippen LogP contribution is -2.66. The van der Waals surface area contributed by atoms with E-state index >= 15 is 0 Å². The van der Waals surface area contributed by atoms with E-state index in [9.17, 15) is 9.59 Å². The summed E-state index contributed by atoms with van der Waals surface area (Å²) < 4.78 is 0. The Balaban J connectivity index is 1.61. The number of hydrogen-bond acceptors (Lipinski definition) is 2. The van der Waals surface area contributed by atoms with E-state index in [1.807, 2.05) is 0 Å². The fraction of sp³-hybridized carbons (Fsp3) is 0.867. The number of fused-ring (bicyclic) bond motifs is 7. The summed E-state index contributed by atoms with van der Waals surface area (Å²) in [7, 11) is 0. The number of ketones is 2. The minimum atomic E-state index is -0.382. The molecule has 178 valence electrons. The minimum absolute atomic E-state index is 0.136. The minimum Gasteiger partial charge on any atom is -0.299 e. The van der Waals surface area contributed by atoms with Crippen LogP contribution < -0.4 is 0 Å². The lowest BCUT2D eigenvalue weighted by Gasteiger charge is -2.70. The largest absolute Gasteiger partial charge is 0.299 e. The topological polar surface area (TPSA) is 34.1 Å². The van der Waals surface area contributed by atoms with E-state index in [0.29, 0.717) is 22.7 Å². The Hall–Kier alpha value is -0.920. The molecular formula is C30H46O2. The van der Waals surface area contributed by atoms with Crippen molar-refractivity contribution in [1.29, 1.82) is 0 Å². The van der Waals surface area contributed by atoms with E-state index in [4.69, 9.17) is 0 Å². The summed E-state index contributed by atoms with van der Waals surface area (Å²) in [5.74, 6) is 1.63. The van der Waals surface area contributed by atoms with Gasteiger partial charge in [0.2, 0.25) is 0 Å². The van der Waals surface area contributed by atoms with Crippen molar-refractivity contribution < 1.29 is 9.59 Å². The first kappa shape index (κ1) is 22.9. The molecule has 2 nitrogen and oxygen atoms in total. The van der Waals surface area contributed by atoms with Crippen LogP contribution in [0.15, 0.2) is 11.6 Å². The van der Waals surface area contributed by atoms with Crippen molar-refractivity contribution in [2.24, 2.45) is 50.2 Å². The predicted octanol–water partition coefficient (Wildman–Crippen LogP) is 7.56. The molecule has 0 saturated heterocycles. The summed E-state index contributed by atoms with van der Waals surface area (Å²) in [6, 6.07) is 0. The molecule has 0 unspecified atom stereocenters. The van der Waals surface area contributed by atoms with Crippen LogP contribution in [0.5, 0.6) is 0 Å². The van der Waals surface area contributed by atoms with E-state index in [-0.39, 0.29) is 45.6 Å². The highest BCUT2D eigenvalue weighted by molar-refractivity contribution is 6.07. The first-order valence-electron chi connectivity index (χ1n) is 13.4. The van der Waals surface area contributed by atoms with Crippen molar-refractivity contribution in [1.82, 2.24) is 0 Å². The number of carbonyl (C=O) groups is 2. The fourth-order valence-electron chi connectivity index (χ4n) is 10.0. The average molecular weight is 439 g/mol. The maximum absolute atomic E-state index is 13.6. The molecule has 0 aromatic rings. The second kappa shape index (κ2) is 6.39. The molecule has 5 aliphatic carbocycles. The molecule has 0 heterocycles. The molecule has 0 aromatic carbocycles. The van der Waals surface area contributed by atoms with Gasteiger partial charge in [-0.15, -0.1) is 0 Å². The third-order valence-electron chi connectivity index (χ3n) is 12.7. The third kappa shape index (κ3) is 2.59. The van der Waals surface area contributed by atoms with E-state index in [0.717, 1.165) is 19.3 Å². The lowest BCUT2D eigenvalue weighted by molar-refractivity contribution is -0.188. The zero-order chi connectivity index (χ0) is 23.5. The van der Waals surface area contributed by atoms with Crippen molar-refractivity contribution in [3.05, 3.63) is 11.6 Å². The van der Waals surface area contributed by atoms with Crippen LogP contribution in [0.1, 0.15) is 113 Å². The number of Topliss-reactive ketones (excluding diaryl/α,β-unsaturated/α-hetero) is 2. The Morgan fingerprint density at radius 1 is 0.781 bits per heavy atom. The van der Waals surface area contributed by atoms with Gasteiger partial charge in [0, 0.05) is 10.8 Å². The second-order valence-electron chi connectivity index (χ2n) is 14.9. The molecular weight excluding hydrogens is 392 g/mol. The molecule has 0 radical (unpaired) electrons. The Bertz CT molecular complexity index is 908. The fourth-order valence-corrected chi connectivity index (χ4v) is 10.0. The van der Waals surface area contributed by atoms with Gasteiger partial charge in [-0.1, -0.05) is 67.0 Å². The molecule has 0 aliphatic heterocycles. The zero-order valence-electron chi connectivity index (χ0n) is 22.0. The standard InChI is InChI=1S/C30H46O2/c1-25(2)13-14-27(5)15-16-28(6)19(20(27)18-25)9-10-22-29(28,7)12-11-21-26(3,4)23(31)17-24(32)30(21,22)8/h9,20-22H,10-18H2,1-8H3/t20-,21-,22-,27+,28+,29+,30-/m0/s1. The van der Waals surface area contributed by atoms with Crippen molar-refractivity contribution >= 4 is 11.6 Å². The van der Waals surface area contributed by atoms with Crippen molar-refractivity contribution in [2.45, 2.75) is 113 Å². The molecule has 0 N–H and O–H groups in total. The molecule has 0 aromatic heterocycles. The lowest BCUT2D eigenvalue weighted by atomic mass is 9.33. The van der Waals surface area contributed by atoms with Crippen LogP contribution in [0.4, 0.5) is 0 Å². The van der Waals surface area contributed by atoms with Crippen LogP contribution in [0.3, 0.4) is 0 Å². The highest BCUT2D eigenvalue weighted by Gasteiger charge is 2.70. The molecule has 7 atom stereocenters. The monoisotopic (exact) mass is 438 g/mol. The van der Waals surface area contributed by atoms with Gasteiger partial charge in [-0.05, 0) is 90.8 Å². The summed E-state index contributed by atoms with van der Waals surface area (Å²) in [5, 5.41) is 0. The SMILES string of the molecule is CC1(C)CC[C@]2(C)CC[C@]3(C)C(=CC[C@@H]4[C@@]5(C)C(=O)CC(=O)C(C)(C)[C@@H]5CC[C@]43C)[C@@H]2C1. The highest BCUT2D eigenvalue weighted by atomic mass is 16.2. The molecule has 0 spiro atoms. The van der Waals surface area contributed by atoms with Crippen molar-refractivity contribution in [3.63, 3.8) is 0 Å². The maximum atomic E-state index is 13.6. The molecule has 0 amide bonds. The van der Waals surface area contributed by atoms with Crippen LogP contribution in [-0.2, 0) is 9.59 Å². The van der Waals surface area contributed by atoms with Gasteiger partial charge in [-0.3, -0.25) is 9.59 Å². The van der Waals surface area contributed by atoms with E-state index < -0.39 is 0 Å². The highest BCUT2D eigenvalue weighted by Crippen LogP contribution is 2.74. The predicted molar refractivity (Wildman–Crippen MR) is 130 cm³/mol. The summed E-state index contributed by atoms with van der Waals surface area (Å²) in [4.78, 5) is 26.5. The van der Waals surface area contributed by atoms with E-state index in [1.165, 1.54) is 32.1 Å². The van der Waals surface area contributed by atoms with Crippen molar-refractivity contribution in [2.75, 3.05) is 0 Å². The van der Waals surface area contributed by atoms with Crippen LogP contribution in [0.2, 0.25) is 0 Å². The first-order chi connectivity index (χ1) is 14.6. The third-order valence-corrected chi connectivity index (χ3v) is 12.7. The van der Waals surface area contributed by atoms with Gasteiger partial charge in [0.25, 0.3) is 0 Å². The number of carbonyl (C=O) groups excluding carboxylic acids is 2. The van der Waals surface area contributed by atoms with Crippen LogP contribution >= 0.6 is 0 Å². The molecule has 4 fully saturated rings. The summed E-state index contributed by atoms with van der Waals surface area (Å²) in [5.41, 5.74) is 2.17. The van der Waals surface area contributed by atoms with Crippen LogP contribution in [0.25, 0.3) is 0 Å². The molecule has 2 heteroatoms. The number of allylic oxidation sites excluding steroid dienone is 2. The number of hydrogen-bond donors (Lipinski definition) is 0. The van der Waals surface area contributed by atoms with Crippen molar-refractivity contribution in [3.8, 4) is 0 Å². The molecule has 5 rings (SSSR count). The summed E-state index contributed by atoms with van der Waals surface area (Å²) in [6.45, 7) is 19.1. The molecule has 5 aliphatic rings. The van der Waals surface area contributed by atoms with E-state index in [2.05, 4.69) is 61.5 Å². The smallest absolute Gasteiger partial charge is 0.146 e. The van der Waals surface area contributed by atoms with Gasteiger partial charge in [0.1, 0.15) is 11.6 Å². The average Bonchev–Trinajstić information content (AvgIpc) is 2.68. The zero-order valence-corrected chi connectivity index (χ0v) is 22.0. The Morgan fingerprint density at radius 2 is 1.44 bits per heavy atom.